The molecule has 0 radical (unpaired) electrons. The minimum Gasteiger partial charge on any atom is -0.319 e. The van der Waals surface area contributed by atoms with Crippen LogP contribution in [-0.4, -0.2) is 20.9 Å². The lowest BCUT2D eigenvalue weighted by atomic mass is 10.1. The average Bonchev–Trinajstić information content (AvgIpc) is 2.77. The van der Waals surface area contributed by atoms with Crippen LogP contribution in [0.5, 0.6) is 0 Å². The van der Waals surface area contributed by atoms with Crippen molar-refractivity contribution in [2.24, 2.45) is 0 Å². The summed E-state index contributed by atoms with van der Waals surface area (Å²) in [6.07, 6.45) is 4.54. The van der Waals surface area contributed by atoms with Crippen LogP contribution in [-0.2, 0) is 0 Å². The summed E-state index contributed by atoms with van der Waals surface area (Å²) in [5.41, 5.74) is 2.76. The molecule has 0 saturated heterocycles. The van der Waals surface area contributed by atoms with Crippen LogP contribution < -0.4 is 5.32 Å². The number of aryl methyl sites for hydroxylation is 1. The van der Waals surface area contributed by atoms with E-state index in [9.17, 15) is 13.6 Å². The first-order chi connectivity index (χ1) is 14.5. The molecule has 0 atom stereocenters. The second-order valence-electron chi connectivity index (χ2n) is 6.64. The summed E-state index contributed by atoms with van der Waals surface area (Å²) in [5, 5.41) is 2.39. The Morgan fingerprint density at radius 3 is 2.40 bits per heavy atom. The van der Waals surface area contributed by atoms with Gasteiger partial charge in [0.15, 0.2) is 5.82 Å². The van der Waals surface area contributed by atoms with Gasteiger partial charge in [0.25, 0.3) is 5.91 Å². The Balaban J connectivity index is 1.77. The number of benzene rings is 2. The van der Waals surface area contributed by atoms with Crippen LogP contribution in [0.1, 0.15) is 15.9 Å². The second kappa shape index (κ2) is 8.16. The lowest BCUT2D eigenvalue weighted by Gasteiger charge is -2.12. The van der Waals surface area contributed by atoms with E-state index in [0.29, 0.717) is 17.1 Å². The smallest absolute Gasteiger partial charge is 0.259 e. The molecule has 0 saturated carbocycles. The van der Waals surface area contributed by atoms with E-state index in [1.54, 1.807) is 24.5 Å². The maximum Gasteiger partial charge on any atom is 0.259 e. The highest BCUT2D eigenvalue weighted by Gasteiger charge is 2.18. The van der Waals surface area contributed by atoms with Crippen LogP contribution in [0.15, 0.2) is 73.2 Å². The van der Waals surface area contributed by atoms with Gasteiger partial charge in [-0.2, -0.15) is 0 Å². The van der Waals surface area contributed by atoms with Crippen LogP contribution in [0.2, 0.25) is 0 Å². The van der Waals surface area contributed by atoms with Crippen molar-refractivity contribution in [1.82, 2.24) is 15.0 Å². The third kappa shape index (κ3) is 4.05. The van der Waals surface area contributed by atoms with Gasteiger partial charge in [-0.05, 0) is 31.2 Å². The molecular weight excluding hydrogens is 386 g/mol. The number of halogens is 2. The van der Waals surface area contributed by atoms with E-state index >= 15 is 0 Å². The fourth-order valence-electron chi connectivity index (χ4n) is 2.90. The third-order valence-electron chi connectivity index (χ3n) is 4.47. The summed E-state index contributed by atoms with van der Waals surface area (Å²) in [6.45, 7) is 1.98. The van der Waals surface area contributed by atoms with Crippen LogP contribution in [0, 0.1) is 18.6 Å². The molecule has 0 bridgehead atoms. The quantitative estimate of drug-likeness (QED) is 0.519. The number of carbonyl (C=O) groups is 1. The van der Waals surface area contributed by atoms with Gasteiger partial charge in [0.1, 0.15) is 11.6 Å². The molecule has 0 aliphatic rings. The zero-order valence-corrected chi connectivity index (χ0v) is 15.9. The Kier molecular flexibility index (Phi) is 5.26. The fourth-order valence-corrected chi connectivity index (χ4v) is 2.90. The predicted octanol–water partition coefficient (Wildman–Crippen LogP) is 5.04. The maximum atomic E-state index is 14.0. The van der Waals surface area contributed by atoms with E-state index in [4.69, 9.17) is 0 Å². The molecule has 2 heterocycles. The highest BCUT2D eigenvalue weighted by Crippen LogP contribution is 2.26. The SMILES string of the molecule is Cc1ccc(-c2ncc(C(=O)Nc3cc(F)ccc3F)c(-c3ccncc3)n2)cc1. The molecule has 0 unspecified atom stereocenters. The summed E-state index contributed by atoms with van der Waals surface area (Å²) in [4.78, 5) is 25.7. The van der Waals surface area contributed by atoms with Gasteiger partial charge in [0, 0.05) is 35.8 Å². The van der Waals surface area contributed by atoms with Crippen LogP contribution >= 0.6 is 0 Å². The number of nitrogens with one attached hydrogen (secondary N) is 1. The number of pyridine rings is 1. The summed E-state index contributed by atoms with van der Waals surface area (Å²) in [6, 6.07) is 13.9. The molecule has 4 aromatic rings. The highest BCUT2D eigenvalue weighted by atomic mass is 19.1. The van der Waals surface area contributed by atoms with Gasteiger partial charge in [-0.3, -0.25) is 9.78 Å². The summed E-state index contributed by atoms with van der Waals surface area (Å²) >= 11 is 0. The molecule has 1 N–H and O–H groups in total. The van der Waals surface area contributed by atoms with Gasteiger partial charge >= 0.3 is 0 Å². The summed E-state index contributed by atoms with van der Waals surface area (Å²) in [7, 11) is 0. The van der Waals surface area contributed by atoms with Crippen molar-refractivity contribution in [1.29, 1.82) is 0 Å². The van der Waals surface area contributed by atoms with E-state index in [2.05, 4.69) is 20.3 Å². The first-order valence-corrected chi connectivity index (χ1v) is 9.12. The van der Waals surface area contributed by atoms with Crippen molar-refractivity contribution >= 4 is 11.6 Å². The zero-order chi connectivity index (χ0) is 21.1. The molecule has 30 heavy (non-hydrogen) atoms. The summed E-state index contributed by atoms with van der Waals surface area (Å²) < 4.78 is 27.4. The van der Waals surface area contributed by atoms with E-state index in [0.717, 1.165) is 29.3 Å². The molecule has 4 rings (SSSR count). The van der Waals surface area contributed by atoms with Crippen LogP contribution in [0.25, 0.3) is 22.6 Å². The Morgan fingerprint density at radius 1 is 0.933 bits per heavy atom. The fraction of sp³-hybridized carbons (Fsp3) is 0.0435. The Bertz CT molecular complexity index is 1210. The van der Waals surface area contributed by atoms with Gasteiger partial charge in [-0.1, -0.05) is 29.8 Å². The van der Waals surface area contributed by atoms with Crippen molar-refractivity contribution in [3.63, 3.8) is 0 Å². The van der Waals surface area contributed by atoms with Crippen molar-refractivity contribution in [2.45, 2.75) is 6.92 Å². The van der Waals surface area contributed by atoms with E-state index in [-0.39, 0.29) is 11.3 Å². The van der Waals surface area contributed by atoms with E-state index in [1.807, 2.05) is 31.2 Å². The minimum absolute atomic E-state index is 0.126. The number of nitrogens with zero attached hydrogens (tertiary/aromatic N) is 3. The third-order valence-corrected chi connectivity index (χ3v) is 4.47. The molecule has 0 spiro atoms. The van der Waals surface area contributed by atoms with Crippen molar-refractivity contribution in [3.05, 3.63) is 95.9 Å². The Labute approximate surface area is 171 Å². The predicted molar refractivity (Wildman–Crippen MR) is 110 cm³/mol. The largest absolute Gasteiger partial charge is 0.319 e. The number of amides is 1. The lowest BCUT2D eigenvalue weighted by Crippen LogP contribution is -2.16. The highest BCUT2D eigenvalue weighted by molar-refractivity contribution is 6.08. The first kappa shape index (κ1) is 19.3. The first-order valence-electron chi connectivity index (χ1n) is 9.12. The number of rotatable bonds is 4. The van der Waals surface area contributed by atoms with Crippen LogP contribution in [0.4, 0.5) is 14.5 Å². The van der Waals surface area contributed by atoms with Crippen molar-refractivity contribution < 1.29 is 13.6 Å². The van der Waals surface area contributed by atoms with Gasteiger partial charge < -0.3 is 5.32 Å². The normalized spacial score (nSPS) is 10.6. The number of carbonyl (C=O) groups excluding carboxylic acids is 1. The second-order valence-corrected chi connectivity index (χ2v) is 6.64. The monoisotopic (exact) mass is 402 g/mol. The number of hydrogen-bond donors (Lipinski definition) is 1. The van der Waals surface area contributed by atoms with Crippen LogP contribution in [0.3, 0.4) is 0 Å². The summed E-state index contributed by atoms with van der Waals surface area (Å²) in [5.74, 6) is -1.61. The van der Waals surface area contributed by atoms with Gasteiger partial charge in [0.2, 0.25) is 0 Å². The molecule has 0 aliphatic carbocycles. The average molecular weight is 402 g/mol. The number of aromatic nitrogens is 3. The van der Waals surface area contributed by atoms with Crippen molar-refractivity contribution in [2.75, 3.05) is 5.32 Å². The molecule has 2 aromatic carbocycles. The number of anilines is 1. The Hall–Kier alpha value is -4.00. The lowest BCUT2D eigenvalue weighted by molar-refractivity contribution is 0.102. The zero-order valence-electron chi connectivity index (χ0n) is 15.9. The standard InChI is InChI=1S/C23H16F2N4O/c1-14-2-4-16(5-3-14)22-27-13-18(21(29-22)15-8-10-26-11-9-15)23(30)28-20-12-17(24)6-7-19(20)25/h2-13H,1H3,(H,28,30). The molecule has 7 heteroatoms. The van der Waals surface area contributed by atoms with Crippen molar-refractivity contribution in [3.8, 4) is 22.6 Å². The van der Waals surface area contributed by atoms with E-state index in [1.165, 1.54) is 6.20 Å². The van der Waals surface area contributed by atoms with Gasteiger partial charge in [0.05, 0.1) is 16.9 Å². The number of hydrogen-bond acceptors (Lipinski definition) is 4. The molecule has 0 aliphatic heterocycles. The molecule has 148 valence electrons. The molecule has 1 amide bonds. The van der Waals surface area contributed by atoms with E-state index < -0.39 is 17.5 Å². The molecule has 0 fully saturated rings. The molecule has 5 nitrogen and oxygen atoms in total. The van der Waals surface area contributed by atoms with Gasteiger partial charge in [-0.15, -0.1) is 0 Å². The molecular formula is C23H16F2N4O. The minimum atomic E-state index is -0.743. The van der Waals surface area contributed by atoms with Gasteiger partial charge in [-0.25, -0.2) is 18.7 Å². The Morgan fingerprint density at radius 2 is 1.67 bits per heavy atom. The topological polar surface area (TPSA) is 67.8 Å². The maximum absolute atomic E-state index is 14.0. The molecule has 2 aromatic heterocycles.